The molecule has 1 aromatic carbocycles. The second kappa shape index (κ2) is 6.44. The molecule has 1 fully saturated rings. The van der Waals surface area contributed by atoms with Crippen molar-refractivity contribution in [1.29, 1.82) is 0 Å². The quantitative estimate of drug-likeness (QED) is 0.907. The van der Waals surface area contributed by atoms with Crippen molar-refractivity contribution in [2.75, 3.05) is 19.6 Å². The molecule has 0 aliphatic carbocycles. The SMILES string of the molecule is CCC1CCN(CC(O)c2cccc(F)c2F)CC1. The molecule has 1 aliphatic heterocycles. The summed E-state index contributed by atoms with van der Waals surface area (Å²) in [6.07, 6.45) is 2.47. The molecule has 2 nitrogen and oxygen atoms in total. The maximum absolute atomic E-state index is 13.6. The molecule has 0 saturated carbocycles. The van der Waals surface area contributed by atoms with E-state index in [1.165, 1.54) is 18.6 Å². The Morgan fingerprint density at radius 3 is 2.63 bits per heavy atom. The molecule has 0 spiro atoms. The number of benzene rings is 1. The molecule has 1 aromatic rings. The molecule has 1 heterocycles. The first-order valence-corrected chi connectivity index (χ1v) is 6.96. The Hall–Kier alpha value is -1.00. The Balaban J connectivity index is 1.94. The molecule has 1 atom stereocenters. The normalized spacial score (nSPS) is 19.6. The number of rotatable bonds is 4. The fourth-order valence-corrected chi connectivity index (χ4v) is 2.70. The summed E-state index contributed by atoms with van der Waals surface area (Å²) in [4.78, 5) is 2.13. The van der Waals surface area contributed by atoms with Crippen LogP contribution in [0.4, 0.5) is 8.78 Å². The Morgan fingerprint density at radius 2 is 2.00 bits per heavy atom. The van der Waals surface area contributed by atoms with Gasteiger partial charge in [0.05, 0.1) is 6.10 Å². The molecule has 1 saturated heterocycles. The van der Waals surface area contributed by atoms with Crippen LogP contribution in [-0.2, 0) is 0 Å². The van der Waals surface area contributed by atoms with Gasteiger partial charge in [-0.15, -0.1) is 0 Å². The van der Waals surface area contributed by atoms with Gasteiger partial charge in [0.25, 0.3) is 0 Å². The number of aliphatic hydroxyl groups excluding tert-OH is 1. The maximum atomic E-state index is 13.6. The van der Waals surface area contributed by atoms with Crippen LogP contribution >= 0.6 is 0 Å². The second-order valence-corrected chi connectivity index (χ2v) is 5.31. The molecule has 0 aromatic heterocycles. The Morgan fingerprint density at radius 1 is 1.32 bits per heavy atom. The van der Waals surface area contributed by atoms with Gasteiger partial charge in [0, 0.05) is 12.1 Å². The van der Waals surface area contributed by atoms with Crippen molar-refractivity contribution in [3.05, 3.63) is 35.4 Å². The van der Waals surface area contributed by atoms with Crippen molar-refractivity contribution < 1.29 is 13.9 Å². The number of halogens is 2. The number of piperidine rings is 1. The highest BCUT2D eigenvalue weighted by atomic mass is 19.2. The molecule has 0 amide bonds. The van der Waals surface area contributed by atoms with E-state index in [1.807, 2.05) is 0 Å². The van der Waals surface area contributed by atoms with Crippen LogP contribution in [0.25, 0.3) is 0 Å². The van der Waals surface area contributed by atoms with Crippen LogP contribution in [-0.4, -0.2) is 29.6 Å². The smallest absolute Gasteiger partial charge is 0.164 e. The lowest BCUT2D eigenvalue weighted by Crippen LogP contribution is -2.36. The van der Waals surface area contributed by atoms with Gasteiger partial charge in [0.1, 0.15) is 0 Å². The van der Waals surface area contributed by atoms with Crippen molar-refractivity contribution in [3.63, 3.8) is 0 Å². The van der Waals surface area contributed by atoms with E-state index in [2.05, 4.69) is 11.8 Å². The lowest BCUT2D eigenvalue weighted by molar-refractivity contribution is 0.0860. The van der Waals surface area contributed by atoms with E-state index in [9.17, 15) is 13.9 Å². The number of β-amino-alcohol motifs (C(OH)–C–C–N with tert-alkyl or cyclic N) is 1. The van der Waals surface area contributed by atoms with Crippen LogP contribution in [0.15, 0.2) is 18.2 Å². The highest BCUT2D eigenvalue weighted by molar-refractivity contribution is 5.21. The minimum atomic E-state index is -0.964. The van der Waals surface area contributed by atoms with E-state index < -0.39 is 17.7 Å². The summed E-state index contributed by atoms with van der Waals surface area (Å²) in [5, 5.41) is 10.1. The van der Waals surface area contributed by atoms with Crippen LogP contribution < -0.4 is 0 Å². The third-order valence-electron chi connectivity index (χ3n) is 4.06. The topological polar surface area (TPSA) is 23.5 Å². The van der Waals surface area contributed by atoms with Crippen molar-refractivity contribution in [2.24, 2.45) is 5.92 Å². The van der Waals surface area contributed by atoms with Gasteiger partial charge in [-0.2, -0.15) is 0 Å². The average molecular weight is 269 g/mol. The standard InChI is InChI=1S/C15H21F2NO/c1-2-11-6-8-18(9-7-11)10-14(19)12-4-3-5-13(16)15(12)17/h3-5,11,14,19H,2,6-10H2,1H3. The molecule has 1 N–H and O–H groups in total. The minimum Gasteiger partial charge on any atom is -0.387 e. The molecule has 19 heavy (non-hydrogen) atoms. The van der Waals surface area contributed by atoms with E-state index in [4.69, 9.17) is 0 Å². The van der Waals surface area contributed by atoms with E-state index in [0.29, 0.717) is 6.54 Å². The molecule has 4 heteroatoms. The molecule has 1 aliphatic rings. The van der Waals surface area contributed by atoms with Crippen LogP contribution in [0.3, 0.4) is 0 Å². The number of hydrogen-bond acceptors (Lipinski definition) is 2. The number of likely N-dealkylation sites (tertiary alicyclic amines) is 1. The highest BCUT2D eigenvalue weighted by Gasteiger charge is 2.22. The molecule has 0 radical (unpaired) electrons. The molecule has 1 unspecified atom stereocenters. The van der Waals surface area contributed by atoms with Crippen LogP contribution in [0.1, 0.15) is 37.9 Å². The van der Waals surface area contributed by atoms with Crippen LogP contribution in [0, 0.1) is 17.6 Å². The fourth-order valence-electron chi connectivity index (χ4n) is 2.70. The second-order valence-electron chi connectivity index (χ2n) is 5.31. The maximum Gasteiger partial charge on any atom is 0.164 e. The van der Waals surface area contributed by atoms with Gasteiger partial charge >= 0.3 is 0 Å². The largest absolute Gasteiger partial charge is 0.387 e. The van der Waals surface area contributed by atoms with Gasteiger partial charge < -0.3 is 10.0 Å². The summed E-state index contributed by atoms with van der Waals surface area (Å²) in [5.74, 6) is -1.07. The summed E-state index contributed by atoms with van der Waals surface area (Å²) in [5.41, 5.74) is 0.0533. The molecule has 106 valence electrons. The van der Waals surface area contributed by atoms with Gasteiger partial charge in [-0.3, -0.25) is 0 Å². The molecule has 0 bridgehead atoms. The van der Waals surface area contributed by atoms with E-state index in [0.717, 1.165) is 37.9 Å². The third kappa shape index (κ3) is 3.51. The lowest BCUT2D eigenvalue weighted by atomic mass is 9.94. The molecular formula is C15H21F2NO. The average Bonchev–Trinajstić information content (AvgIpc) is 2.42. The van der Waals surface area contributed by atoms with Gasteiger partial charge in [0.15, 0.2) is 11.6 Å². The van der Waals surface area contributed by atoms with Crippen molar-refractivity contribution >= 4 is 0 Å². The zero-order valence-electron chi connectivity index (χ0n) is 11.3. The third-order valence-corrected chi connectivity index (χ3v) is 4.06. The monoisotopic (exact) mass is 269 g/mol. The summed E-state index contributed by atoms with van der Waals surface area (Å²) < 4.78 is 26.7. The van der Waals surface area contributed by atoms with Crippen molar-refractivity contribution in [3.8, 4) is 0 Å². The first-order valence-electron chi connectivity index (χ1n) is 6.96. The predicted octanol–water partition coefficient (Wildman–Crippen LogP) is 3.12. The van der Waals surface area contributed by atoms with Crippen molar-refractivity contribution in [2.45, 2.75) is 32.3 Å². The number of hydrogen-bond donors (Lipinski definition) is 1. The van der Waals surface area contributed by atoms with Crippen LogP contribution in [0.2, 0.25) is 0 Å². The van der Waals surface area contributed by atoms with Gasteiger partial charge in [-0.1, -0.05) is 25.5 Å². The minimum absolute atomic E-state index is 0.0533. The van der Waals surface area contributed by atoms with Gasteiger partial charge in [-0.05, 0) is 37.9 Å². The zero-order chi connectivity index (χ0) is 13.8. The number of nitrogens with zero attached hydrogens (tertiary/aromatic N) is 1. The van der Waals surface area contributed by atoms with Gasteiger partial charge in [-0.25, -0.2) is 8.78 Å². The fraction of sp³-hybridized carbons (Fsp3) is 0.600. The predicted molar refractivity (Wildman–Crippen MR) is 70.8 cm³/mol. The number of aliphatic hydroxyl groups is 1. The van der Waals surface area contributed by atoms with Crippen LogP contribution in [0.5, 0.6) is 0 Å². The Kier molecular flexibility index (Phi) is 4.88. The Labute approximate surface area is 113 Å². The summed E-state index contributed by atoms with van der Waals surface area (Å²) in [6, 6.07) is 3.94. The zero-order valence-corrected chi connectivity index (χ0v) is 11.3. The first-order chi connectivity index (χ1) is 9.11. The molecule has 2 rings (SSSR count). The van der Waals surface area contributed by atoms with E-state index in [1.54, 1.807) is 0 Å². The van der Waals surface area contributed by atoms with Crippen molar-refractivity contribution in [1.82, 2.24) is 4.90 Å². The summed E-state index contributed by atoms with van der Waals surface area (Å²) in [6.45, 7) is 4.41. The Bertz CT molecular complexity index is 417. The lowest BCUT2D eigenvalue weighted by Gasteiger charge is -2.32. The van der Waals surface area contributed by atoms with Gasteiger partial charge in [0.2, 0.25) is 0 Å². The summed E-state index contributed by atoms with van der Waals surface area (Å²) in [7, 11) is 0. The molecular weight excluding hydrogens is 248 g/mol. The highest BCUT2D eigenvalue weighted by Crippen LogP contribution is 2.24. The van der Waals surface area contributed by atoms with E-state index >= 15 is 0 Å². The summed E-state index contributed by atoms with van der Waals surface area (Å²) >= 11 is 0. The van der Waals surface area contributed by atoms with E-state index in [-0.39, 0.29) is 5.56 Å². The first kappa shape index (κ1) is 14.4.